The van der Waals surface area contributed by atoms with Crippen molar-refractivity contribution in [2.45, 2.75) is 33.4 Å². The molecule has 0 fully saturated rings. The molecule has 106 valence electrons. The molecule has 2 rings (SSSR count). The van der Waals surface area contributed by atoms with Crippen molar-refractivity contribution in [1.29, 1.82) is 0 Å². The number of rotatable bonds is 5. The number of aryl methyl sites for hydroxylation is 1. The molecular formula is C15H18N2O3. The monoisotopic (exact) mass is 274 g/mol. The van der Waals surface area contributed by atoms with Gasteiger partial charge in [-0.2, -0.15) is 0 Å². The molecule has 5 nitrogen and oxygen atoms in total. The average molecular weight is 274 g/mol. The van der Waals surface area contributed by atoms with Gasteiger partial charge in [0.25, 0.3) is 0 Å². The van der Waals surface area contributed by atoms with Crippen LogP contribution in [0, 0.1) is 6.92 Å². The van der Waals surface area contributed by atoms with Gasteiger partial charge in [0.15, 0.2) is 0 Å². The predicted molar refractivity (Wildman–Crippen MR) is 75.1 cm³/mol. The van der Waals surface area contributed by atoms with E-state index in [9.17, 15) is 4.79 Å². The van der Waals surface area contributed by atoms with Gasteiger partial charge in [0, 0.05) is 12.2 Å². The number of aromatic nitrogens is 2. The zero-order valence-electron chi connectivity index (χ0n) is 11.8. The molecule has 5 heteroatoms. The largest absolute Gasteiger partial charge is 0.487 e. The summed E-state index contributed by atoms with van der Waals surface area (Å²) in [5, 5.41) is 9.13. The summed E-state index contributed by atoms with van der Waals surface area (Å²) >= 11 is 0. The van der Waals surface area contributed by atoms with Crippen molar-refractivity contribution in [2.24, 2.45) is 0 Å². The summed E-state index contributed by atoms with van der Waals surface area (Å²) in [5.74, 6) is -0.201. The van der Waals surface area contributed by atoms with Gasteiger partial charge in [-0.3, -0.25) is 0 Å². The Morgan fingerprint density at radius 1 is 1.40 bits per heavy atom. The first-order valence-corrected chi connectivity index (χ1v) is 6.48. The number of aromatic carboxylic acids is 1. The van der Waals surface area contributed by atoms with Gasteiger partial charge < -0.3 is 14.4 Å². The number of carboxylic acid groups (broad SMARTS) is 1. The number of nitrogens with zero attached hydrogens (tertiary/aromatic N) is 2. The molecule has 1 aromatic heterocycles. The maximum absolute atomic E-state index is 11.1. The van der Waals surface area contributed by atoms with Crippen LogP contribution in [0.25, 0.3) is 0 Å². The second kappa shape index (κ2) is 5.77. The van der Waals surface area contributed by atoms with Gasteiger partial charge >= 0.3 is 5.97 Å². The Bertz CT molecular complexity index is 617. The highest BCUT2D eigenvalue weighted by Crippen LogP contribution is 2.18. The van der Waals surface area contributed by atoms with Crippen LogP contribution in [-0.4, -0.2) is 20.6 Å². The van der Waals surface area contributed by atoms with Gasteiger partial charge in [-0.1, -0.05) is 18.2 Å². The third-order valence-electron chi connectivity index (χ3n) is 3.00. The lowest BCUT2D eigenvalue weighted by molar-refractivity contribution is 0.0676. The number of imidazole rings is 1. The molecule has 0 saturated heterocycles. The fourth-order valence-corrected chi connectivity index (χ4v) is 1.94. The number of hydrogen-bond donors (Lipinski definition) is 1. The zero-order chi connectivity index (χ0) is 14.7. The van der Waals surface area contributed by atoms with E-state index in [1.165, 1.54) is 0 Å². The first kappa shape index (κ1) is 14.1. The highest BCUT2D eigenvalue weighted by Gasteiger charge is 2.16. The Morgan fingerprint density at radius 3 is 2.65 bits per heavy atom. The van der Waals surface area contributed by atoms with Crippen LogP contribution in [-0.2, 0) is 6.61 Å². The fraction of sp³-hybridized carbons (Fsp3) is 0.333. The average Bonchev–Trinajstić information content (AvgIpc) is 2.82. The molecular weight excluding hydrogens is 256 g/mol. The Balaban J connectivity index is 2.16. The van der Waals surface area contributed by atoms with E-state index in [2.05, 4.69) is 4.98 Å². The quantitative estimate of drug-likeness (QED) is 0.910. The van der Waals surface area contributed by atoms with Crippen molar-refractivity contribution in [3.8, 4) is 5.75 Å². The van der Waals surface area contributed by atoms with E-state index in [-0.39, 0.29) is 18.5 Å². The smallest absolute Gasteiger partial charge is 0.372 e. The SMILES string of the molecule is Cc1ccccc1OCc1cn(C(C)C)c(C(=O)O)n1. The number of ether oxygens (including phenoxy) is 1. The highest BCUT2D eigenvalue weighted by atomic mass is 16.5. The van der Waals surface area contributed by atoms with E-state index in [4.69, 9.17) is 9.84 Å². The molecule has 0 atom stereocenters. The second-order valence-electron chi connectivity index (χ2n) is 4.92. The lowest BCUT2D eigenvalue weighted by Gasteiger charge is -2.08. The molecule has 0 saturated carbocycles. The molecule has 1 aromatic carbocycles. The van der Waals surface area contributed by atoms with Crippen LogP contribution in [0.1, 0.15) is 41.8 Å². The summed E-state index contributed by atoms with van der Waals surface area (Å²) in [4.78, 5) is 15.3. The van der Waals surface area contributed by atoms with Crippen LogP contribution in [0.5, 0.6) is 5.75 Å². The molecule has 2 aromatic rings. The van der Waals surface area contributed by atoms with Crippen LogP contribution in [0.3, 0.4) is 0 Å². The maximum Gasteiger partial charge on any atom is 0.372 e. The molecule has 1 heterocycles. The summed E-state index contributed by atoms with van der Waals surface area (Å²) < 4.78 is 7.32. The summed E-state index contributed by atoms with van der Waals surface area (Å²) in [6, 6.07) is 7.73. The van der Waals surface area contributed by atoms with Crippen LogP contribution >= 0.6 is 0 Å². The molecule has 0 aliphatic rings. The third kappa shape index (κ3) is 2.99. The number of carbonyl (C=O) groups is 1. The maximum atomic E-state index is 11.1. The van der Waals surface area contributed by atoms with Gasteiger partial charge in [0.2, 0.25) is 5.82 Å². The van der Waals surface area contributed by atoms with Crippen LogP contribution in [0.4, 0.5) is 0 Å². The first-order valence-electron chi connectivity index (χ1n) is 6.48. The standard InChI is InChI=1S/C15H18N2O3/c1-10(2)17-8-12(16-14(17)15(18)19)9-20-13-7-5-4-6-11(13)3/h4-8,10H,9H2,1-3H3,(H,18,19). The molecule has 20 heavy (non-hydrogen) atoms. The number of carboxylic acids is 1. The van der Waals surface area contributed by atoms with E-state index in [0.717, 1.165) is 11.3 Å². The Hall–Kier alpha value is -2.30. The van der Waals surface area contributed by atoms with Crippen molar-refractivity contribution in [3.63, 3.8) is 0 Å². The molecule has 0 amide bonds. The van der Waals surface area contributed by atoms with E-state index < -0.39 is 5.97 Å². The number of benzene rings is 1. The van der Waals surface area contributed by atoms with E-state index >= 15 is 0 Å². The van der Waals surface area contributed by atoms with Gasteiger partial charge in [-0.25, -0.2) is 9.78 Å². The fourth-order valence-electron chi connectivity index (χ4n) is 1.94. The summed E-state index contributed by atoms with van der Waals surface area (Å²) in [7, 11) is 0. The zero-order valence-corrected chi connectivity index (χ0v) is 11.8. The van der Waals surface area contributed by atoms with Crippen LogP contribution in [0.2, 0.25) is 0 Å². The first-order chi connectivity index (χ1) is 9.49. The van der Waals surface area contributed by atoms with Gasteiger partial charge in [-0.05, 0) is 32.4 Å². The molecule has 0 radical (unpaired) electrons. The lowest BCUT2D eigenvalue weighted by Crippen LogP contribution is -2.10. The van der Waals surface area contributed by atoms with E-state index in [1.807, 2.05) is 45.0 Å². The van der Waals surface area contributed by atoms with Gasteiger partial charge in [0.1, 0.15) is 12.4 Å². The van der Waals surface area contributed by atoms with Crippen LogP contribution in [0.15, 0.2) is 30.5 Å². The van der Waals surface area contributed by atoms with E-state index in [1.54, 1.807) is 10.8 Å². The molecule has 1 N–H and O–H groups in total. The van der Waals surface area contributed by atoms with Crippen molar-refractivity contribution in [1.82, 2.24) is 9.55 Å². The normalized spacial score (nSPS) is 10.8. The summed E-state index contributed by atoms with van der Waals surface area (Å²) in [6.07, 6.45) is 1.73. The van der Waals surface area contributed by atoms with E-state index in [0.29, 0.717) is 5.69 Å². The predicted octanol–water partition coefficient (Wildman–Crippen LogP) is 3.05. The molecule has 0 aliphatic carbocycles. The number of para-hydroxylation sites is 1. The van der Waals surface area contributed by atoms with Gasteiger partial charge in [0.05, 0.1) is 5.69 Å². The Morgan fingerprint density at radius 2 is 2.10 bits per heavy atom. The second-order valence-corrected chi connectivity index (χ2v) is 4.92. The highest BCUT2D eigenvalue weighted by molar-refractivity contribution is 5.83. The minimum Gasteiger partial charge on any atom is -0.487 e. The Labute approximate surface area is 117 Å². The van der Waals surface area contributed by atoms with Crippen LogP contribution < -0.4 is 4.74 Å². The Kier molecular flexibility index (Phi) is 4.08. The van der Waals surface area contributed by atoms with Gasteiger partial charge in [-0.15, -0.1) is 0 Å². The summed E-state index contributed by atoms with van der Waals surface area (Å²) in [5.41, 5.74) is 1.65. The minimum absolute atomic E-state index is 0.0424. The minimum atomic E-state index is -1.03. The number of hydrogen-bond acceptors (Lipinski definition) is 3. The molecule has 0 spiro atoms. The van der Waals surface area contributed by atoms with Crippen molar-refractivity contribution >= 4 is 5.97 Å². The summed E-state index contributed by atoms with van der Waals surface area (Å²) in [6.45, 7) is 6.05. The third-order valence-corrected chi connectivity index (χ3v) is 3.00. The molecule has 0 bridgehead atoms. The lowest BCUT2D eigenvalue weighted by atomic mass is 10.2. The van der Waals surface area contributed by atoms with Crippen molar-refractivity contribution in [2.75, 3.05) is 0 Å². The molecule has 0 aliphatic heterocycles. The molecule has 0 unspecified atom stereocenters. The van der Waals surface area contributed by atoms with Crippen molar-refractivity contribution in [3.05, 3.63) is 47.5 Å². The van der Waals surface area contributed by atoms with Crippen molar-refractivity contribution < 1.29 is 14.6 Å². The topological polar surface area (TPSA) is 64.3 Å².